The fourth-order valence-corrected chi connectivity index (χ4v) is 2.44. The average Bonchev–Trinajstić information content (AvgIpc) is 2.79. The zero-order chi connectivity index (χ0) is 26.9. The number of halogens is 6. The first-order chi connectivity index (χ1) is 16.7. The van der Waals surface area contributed by atoms with Crippen molar-refractivity contribution < 1.29 is 35.9 Å². The minimum atomic E-state index is -4.53. The molecule has 6 N–H and O–H groups in total. The molecule has 0 atom stereocenters. The molecule has 0 saturated heterocycles. The number of guanidine groups is 2. The average molecular weight is 512 g/mol. The van der Waals surface area contributed by atoms with Crippen molar-refractivity contribution in [3.05, 3.63) is 82.9 Å². The predicted octanol–water partition coefficient (Wildman–Crippen LogP) is 3.23. The van der Waals surface area contributed by atoms with Crippen LogP contribution in [-0.2, 0) is 21.9 Å². The van der Waals surface area contributed by atoms with Crippen molar-refractivity contribution in [2.45, 2.75) is 12.4 Å². The predicted molar refractivity (Wildman–Crippen MR) is 120 cm³/mol. The molecule has 0 aliphatic heterocycles. The second kappa shape index (κ2) is 11.7. The van der Waals surface area contributed by atoms with Gasteiger partial charge in [-0.25, -0.2) is 0 Å². The number of amides is 2. The quantitative estimate of drug-likeness (QED) is 0.161. The highest BCUT2D eigenvalue weighted by molar-refractivity contribution is 6.05. The largest absolute Gasteiger partial charge is 0.416 e. The van der Waals surface area contributed by atoms with E-state index in [-0.39, 0.29) is 5.56 Å². The normalized spacial score (nSPS) is 13.3. The van der Waals surface area contributed by atoms with Crippen LogP contribution in [0.5, 0.6) is 0 Å². The maximum Gasteiger partial charge on any atom is 0.416 e. The molecule has 2 rings (SSSR count). The summed E-state index contributed by atoms with van der Waals surface area (Å²) < 4.78 is 75.8. The molecule has 0 radical (unpaired) electrons. The van der Waals surface area contributed by atoms with Gasteiger partial charge in [0.15, 0.2) is 0 Å². The molecule has 0 fully saturated rings. The van der Waals surface area contributed by atoms with Crippen molar-refractivity contribution in [2.24, 2.45) is 21.7 Å². The number of nitrogens with two attached hydrogens (primary N) is 2. The summed E-state index contributed by atoms with van der Waals surface area (Å²) in [5.41, 5.74) is 9.61. The Morgan fingerprint density at radius 1 is 0.694 bits per heavy atom. The van der Waals surface area contributed by atoms with Gasteiger partial charge in [-0.05, 0) is 47.5 Å². The van der Waals surface area contributed by atoms with Crippen LogP contribution in [0.3, 0.4) is 0 Å². The van der Waals surface area contributed by atoms with Crippen LogP contribution in [0.1, 0.15) is 22.3 Å². The molecule has 0 spiro atoms. The van der Waals surface area contributed by atoms with Crippen LogP contribution in [0.2, 0.25) is 0 Å². The van der Waals surface area contributed by atoms with Gasteiger partial charge in [-0.3, -0.25) is 20.2 Å². The molecule has 0 aliphatic carbocycles. The van der Waals surface area contributed by atoms with Crippen molar-refractivity contribution in [3.8, 4) is 0 Å². The smallest absolute Gasteiger partial charge is 0.368 e. The van der Waals surface area contributed by atoms with Crippen LogP contribution in [0.4, 0.5) is 26.3 Å². The molecule has 2 amide bonds. The van der Waals surface area contributed by atoms with E-state index >= 15 is 0 Å². The van der Waals surface area contributed by atoms with Gasteiger partial charge in [0.1, 0.15) is 0 Å². The first kappa shape index (κ1) is 27.6. The molecule has 0 unspecified atom stereocenters. The Kier molecular flexibility index (Phi) is 8.96. The summed E-state index contributed by atoms with van der Waals surface area (Å²) in [6.45, 7) is 0. The van der Waals surface area contributed by atoms with E-state index in [2.05, 4.69) is 20.8 Å². The summed E-state index contributed by atoms with van der Waals surface area (Å²) in [5, 5.41) is 10.9. The lowest BCUT2D eigenvalue weighted by Crippen LogP contribution is -2.37. The molecule has 8 nitrogen and oxygen atoms in total. The number of benzene rings is 2. The molecule has 190 valence electrons. The fraction of sp³-hybridized carbons (Fsp3) is 0.0909. The molecule has 0 bridgehead atoms. The minimum absolute atomic E-state index is 0.116. The molecule has 0 aromatic heterocycles. The van der Waals surface area contributed by atoms with E-state index in [1.54, 1.807) is 0 Å². The van der Waals surface area contributed by atoms with Gasteiger partial charge in [-0.1, -0.05) is 24.3 Å². The number of carbonyl (C=O) groups excluding carboxylic acids is 2. The van der Waals surface area contributed by atoms with Crippen LogP contribution in [-0.4, -0.2) is 23.7 Å². The molecular formula is C22H18F6N6O2. The van der Waals surface area contributed by atoms with Crippen LogP contribution >= 0.6 is 0 Å². The summed E-state index contributed by atoms with van der Waals surface area (Å²) in [7, 11) is 0. The van der Waals surface area contributed by atoms with E-state index in [9.17, 15) is 35.9 Å². The number of hydrogen-bond acceptors (Lipinski definition) is 4. The third-order valence-electron chi connectivity index (χ3n) is 4.07. The zero-order valence-corrected chi connectivity index (χ0v) is 18.1. The lowest BCUT2D eigenvalue weighted by Gasteiger charge is -2.06. The first-order valence-corrected chi connectivity index (χ1v) is 9.73. The molecule has 2 aromatic rings. The Labute approximate surface area is 200 Å². The molecular weight excluding hydrogens is 494 g/mol. The number of carbonyl (C=O) groups is 2. The van der Waals surface area contributed by atoms with Gasteiger partial charge >= 0.3 is 12.4 Å². The Morgan fingerprint density at radius 3 is 1.64 bits per heavy atom. The molecule has 0 aliphatic rings. The summed E-state index contributed by atoms with van der Waals surface area (Å²) >= 11 is 0. The second-order valence-corrected chi connectivity index (χ2v) is 6.86. The SMILES string of the molecule is NC(=NN=C(N)NC(=O)C=Cc1cccc(C(F)(F)F)c1)NC(=O)C=Cc1ccc(C(F)(F)F)cc1. The van der Waals surface area contributed by atoms with E-state index in [1.807, 2.05) is 0 Å². The molecule has 0 saturated carbocycles. The highest BCUT2D eigenvalue weighted by atomic mass is 19.4. The van der Waals surface area contributed by atoms with Crippen molar-refractivity contribution in [1.29, 1.82) is 0 Å². The van der Waals surface area contributed by atoms with Gasteiger partial charge in [-0.2, -0.15) is 26.3 Å². The molecule has 2 aromatic carbocycles. The van der Waals surface area contributed by atoms with Crippen LogP contribution in [0.15, 0.2) is 70.9 Å². The number of nitrogens with one attached hydrogen (secondary N) is 2. The Morgan fingerprint density at radius 2 is 1.17 bits per heavy atom. The van der Waals surface area contributed by atoms with Gasteiger partial charge < -0.3 is 11.5 Å². The summed E-state index contributed by atoms with van der Waals surface area (Å²) in [6, 6.07) is 8.31. The maximum atomic E-state index is 12.7. The standard InChI is InChI=1S/C22H18F6N6O2/c23-21(24,25)15-8-4-13(5-9-15)6-10-17(35)31-19(29)33-34-20(30)32-18(36)11-7-14-2-1-3-16(12-14)22(26,27)28/h1-12H,(H3,29,31,33,35)(H3,30,32,34,36). The molecule has 14 heteroatoms. The number of hydrogen-bond donors (Lipinski definition) is 4. The minimum Gasteiger partial charge on any atom is -0.368 e. The van der Waals surface area contributed by atoms with Crippen LogP contribution in [0.25, 0.3) is 12.2 Å². The van der Waals surface area contributed by atoms with E-state index in [1.165, 1.54) is 30.3 Å². The van der Waals surface area contributed by atoms with Gasteiger partial charge in [-0.15, -0.1) is 10.2 Å². The highest BCUT2D eigenvalue weighted by Crippen LogP contribution is 2.30. The maximum absolute atomic E-state index is 12.7. The Bertz CT molecular complexity index is 1210. The Hall–Kier alpha value is -4.62. The van der Waals surface area contributed by atoms with Gasteiger partial charge in [0.25, 0.3) is 11.8 Å². The van der Waals surface area contributed by atoms with Crippen molar-refractivity contribution >= 4 is 35.9 Å². The third-order valence-corrected chi connectivity index (χ3v) is 4.07. The number of nitrogens with zero attached hydrogens (tertiary/aromatic N) is 2. The first-order valence-electron chi connectivity index (χ1n) is 9.73. The van der Waals surface area contributed by atoms with Crippen LogP contribution in [0, 0.1) is 0 Å². The van der Waals surface area contributed by atoms with E-state index in [0.717, 1.165) is 42.5 Å². The third kappa shape index (κ3) is 9.32. The Balaban J connectivity index is 1.89. The summed E-state index contributed by atoms with van der Waals surface area (Å²) in [5.74, 6) is -2.66. The number of alkyl halides is 6. The molecule has 0 heterocycles. The van der Waals surface area contributed by atoms with Gasteiger partial charge in [0.05, 0.1) is 11.1 Å². The highest BCUT2D eigenvalue weighted by Gasteiger charge is 2.30. The second-order valence-electron chi connectivity index (χ2n) is 6.86. The van der Waals surface area contributed by atoms with Crippen LogP contribution < -0.4 is 22.1 Å². The zero-order valence-electron chi connectivity index (χ0n) is 18.1. The van der Waals surface area contributed by atoms with Crippen molar-refractivity contribution in [1.82, 2.24) is 10.6 Å². The monoisotopic (exact) mass is 512 g/mol. The fourth-order valence-electron chi connectivity index (χ4n) is 2.44. The van der Waals surface area contributed by atoms with E-state index in [4.69, 9.17) is 11.5 Å². The van der Waals surface area contributed by atoms with E-state index < -0.39 is 47.2 Å². The number of rotatable bonds is 5. The van der Waals surface area contributed by atoms with E-state index in [0.29, 0.717) is 5.56 Å². The van der Waals surface area contributed by atoms with Crippen molar-refractivity contribution in [3.63, 3.8) is 0 Å². The summed E-state index contributed by atoms with van der Waals surface area (Å²) in [6.07, 6.45) is -4.76. The van der Waals surface area contributed by atoms with Gasteiger partial charge in [0.2, 0.25) is 11.9 Å². The lowest BCUT2D eigenvalue weighted by molar-refractivity contribution is -0.138. The van der Waals surface area contributed by atoms with Crippen molar-refractivity contribution in [2.75, 3.05) is 0 Å². The molecule has 36 heavy (non-hydrogen) atoms. The van der Waals surface area contributed by atoms with Gasteiger partial charge in [0, 0.05) is 12.2 Å². The lowest BCUT2D eigenvalue weighted by atomic mass is 10.1. The topological polar surface area (TPSA) is 135 Å². The summed E-state index contributed by atoms with van der Waals surface area (Å²) in [4.78, 5) is 23.6.